The van der Waals surface area contributed by atoms with Crippen molar-refractivity contribution in [2.45, 2.75) is 5.16 Å². The van der Waals surface area contributed by atoms with Gasteiger partial charge in [0, 0.05) is 23.2 Å². The number of carbonyl (C=O) groups excluding carboxylic acids is 1. The lowest BCUT2D eigenvalue weighted by Gasteiger charge is -2.01. The van der Waals surface area contributed by atoms with Crippen LogP contribution in [0.2, 0.25) is 0 Å². The Morgan fingerprint density at radius 2 is 2.05 bits per heavy atom. The molecule has 0 fully saturated rings. The number of benzene rings is 1. The molecule has 0 radical (unpaired) electrons. The molecular weight excluding hydrogens is 282 g/mol. The van der Waals surface area contributed by atoms with Gasteiger partial charge in [0.15, 0.2) is 0 Å². The zero-order chi connectivity index (χ0) is 14.5. The van der Waals surface area contributed by atoms with Crippen LogP contribution in [-0.4, -0.2) is 40.7 Å². The molecule has 2 heterocycles. The highest BCUT2D eigenvalue weighted by molar-refractivity contribution is 7.90. The molecule has 0 bridgehead atoms. The van der Waals surface area contributed by atoms with E-state index < -0.39 is 15.7 Å². The summed E-state index contributed by atoms with van der Waals surface area (Å²) in [5, 5.41) is 7.33. The first-order valence-electron chi connectivity index (χ1n) is 5.51. The van der Waals surface area contributed by atoms with Crippen LogP contribution in [0.5, 0.6) is 0 Å². The van der Waals surface area contributed by atoms with Gasteiger partial charge in [-0.25, -0.2) is 18.4 Å². The summed E-state index contributed by atoms with van der Waals surface area (Å²) in [5.41, 5.74) is 6.11. The molecule has 0 aliphatic heterocycles. The topological polar surface area (TPSA) is 132 Å². The fourth-order valence-corrected chi connectivity index (χ4v) is 2.42. The van der Waals surface area contributed by atoms with Crippen molar-refractivity contribution in [3.05, 3.63) is 24.0 Å². The lowest BCUT2D eigenvalue weighted by molar-refractivity contribution is 0.0997. The van der Waals surface area contributed by atoms with E-state index in [0.29, 0.717) is 21.8 Å². The molecular formula is C11H9N5O3S. The van der Waals surface area contributed by atoms with Gasteiger partial charge in [0.25, 0.3) is 5.91 Å². The maximum atomic E-state index is 11.5. The Bertz CT molecular complexity index is 961. The fourth-order valence-electron chi connectivity index (χ4n) is 1.92. The first-order chi connectivity index (χ1) is 9.38. The van der Waals surface area contributed by atoms with Crippen molar-refractivity contribution in [1.82, 2.24) is 20.2 Å². The van der Waals surface area contributed by atoms with Gasteiger partial charge in [-0.05, 0) is 6.07 Å². The molecule has 2 aromatic heterocycles. The number of rotatable bonds is 2. The van der Waals surface area contributed by atoms with Gasteiger partial charge in [0.1, 0.15) is 16.7 Å². The number of aromatic amines is 1. The van der Waals surface area contributed by atoms with Crippen LogP contribution in [0.15, 0.2) is 23.5 Å². The number of carbonyl (C=O) groups is 1. The van der Waals surface area contributed by atoms with Crippen molar-refractivity contribution in [2.75, 3.05) is 6.26 Å². The maximum Gasteiger partial charge on any atom is 0.267 e. The number of amides is 1. The minimum atomic E-state index is -3.52. The van der Waals surface area contributed by atoms with Crippen LogP contribution in [0.4, 0.5) is 0 Å². The average molecular weight is 291 g/mol. The van der Waals surface area contributed by atoms with Crippen molar-refractivity contribution in [3.8, 4) is 0 Å². The van der Waals surface area contributed by atoms with Gasteiger partial charge in [-0.2, -0.15) is 5.10 Å². The molecule has 3 N–H and O–H groups in total. The minimum absolute atomic E-state index is 0.154. The molecule has 20 heavy (non-hydrogen) atoms. The molecule has 0 saturated carbocycles. The van der Waals surface area contributed by atoms with Crippen LogP contribution in [-0.2, 0) is 9.84 Å². The molecule has 9 heteroatoms. The second kappa shape index (κ2) is 3.97. The number of aromatic nitrogens is 4. The smallest absolute Gasteiger partial charge is 0.267 e. The second-order valence-corrected chi connectivity index (χ2v) is 6.20. The SMILES string of the molecule is CS(=O)(=O)c1ncc2ccc3c(C(N)=O)[nH]nc3c2n1. The van der Waals surface area contributed by atoms with E-state index >= 15 is 0 Å². The number of hydrogen-bond donors (Lipinski definition) is 2. The van der Waals surface area contributed by atoms with E-state index in [1.807, 2.05) is 0 Å². The van der Waals surface area contributed by atoms with Gasteiger partial charge >= 0.3 is 0 Å². The summed E-state index contributed by atoms with van der Waals surface area (Å²) in [5.74, 6) is -0.649. The van der Waals surface area contributed by atoms with Crippen molar-refractivity contribution < 1.29 is 13.2 Å². The third-order valence-corrected chi connectivity index (χ3v) is 3.69. The first kappa shape index (κ1) is 12.5. The Morgan fingerprint density at radius 3 is 2.70 bits per heavy atom. The second-order valence-electron chi connectivity index (χ2n) is 4.29. The Kier molecular flexibility index (Phi) is 2.48. The molecule has 0 aliphatic rings. The number of nitrogens with two attached hydrogens (primary N) is 1. The highest BCUT2D eigenvalue weighted by Crippen LogP contribution is 2.24. The third kappa shape index (κ3) is 1.79. The fraction of sp³-hybridized carbons (Fsp3) is 0.0909. The summed E-state index contributed by atoms with van der Waals surface area (Å²) in [6, 6.07) is 3.33. The molecule has 3 rings (SSSR count). The normalized spacial score (nSPS) is 12.1. The number of hydrogen-bond acceptors (Lipinski definition) is 6. The standard InChI is InChI=1S/C11H9N5O3S/c1-20(18,19)11-13-4-5-2-3-6-8(7(5)14-11)15-16-9(6)10(12)17/h2-4H,1H3,(H2,12,17)(H,15,16). The minimum Gasteiger partial charge on any atom is -0.364 e. The molecule has 0 aliphatic carbocycles. The van der Waals surface area contributed by atoms with E-state index in [1.54, 1.807) is 12.1 Å². The van der Waals surface area contributed by atoms with Gasteiger partial charge in [-0.1, -0.05) is 6.07 Å². The van der Waals surface area contributed by atoms with Crippen LogP contribution in [0, 0.1) is 0 Å². The number of sulfone groups is 1. The summed E-state index contributed by atoms with van der Waals surface area (Å²) >= 11 is 0. The van der Waals surface area contributed by atoms with Crippen LogP contribution in [0.1, 0.15) is 10.5 Å². The largest absolute Gasteiger partial charge is 0.364 e. The van der Waals surface area contributed by atoms with Gasteiger partial charge < -0.3 is 5.73 Å². The summed E-state index contributed by atoms with van der Waals surface area (Å²) in [7, 11) is -3.52. The quantitative estimate of drug-likeness (QED) is 0.639. The zero-order valence-corrected chi connectivity index (χ0v) is 11.1. The van der Waals surface area contributed by atoms with E-state index in [9.17, 15) is 13.2 Å². The van der Waals surface area contributed by atoms with Gasteiger partial charge in [-0.15, -0.1) is 0 Å². The monoisotopic (exact) mass is 291 g/mol. The highest BCUT2D eigenvalue weighted by atomic mass is 32.2. The lowest BCUT2D eigenvalue weighted by Crippen LogP contribution is -2.11. The first-order valence-corrected chi connectivity index (χ1v) is 7.41. The van der Waals surface area contributed by atoms with Gasteiger partial charge in [0.05, 0.1) is 0 Å². The summed E-state index contributed by atoms with van der Waals surface area (Å²) in [6.45, 7) is 0. The molecule has 0 atom stereocenters. The van der Waals surface area contributed by atoms with Crippen molar-refractivity contribution in [1.29, 1.82) is 0 Å². The molecule has 0 spiro atoms. The van der Waals surface area contributed by atoms with Crippen molar-refractivity contribution in [3.63, 3.8) is 0 Å². The van der Waals surface area contributed by atoms with Crippen LogP contribution in [0.3, 0.4) is 0 Å². The van der Waals surface area contributed by atoms with Crippen molar-refractivity contribution >= 4 is 37.6 Å². The summed E-state index contributed by atoms with van der Waals surface area (Å²) in [4.78, 5) is 19.1. The Balaban J connectivity index is 2.43. The van der Waals surface area contributed by atoms with Crippen LogP contribution in [0.25, 0.3) is 21.8 Å². The van der Waals surface area contributed by atoms with E-state index in [-0.39, 0.29) is 10.9 Å². The molecule has 3 aromatic rings. The third-order valence-electron chi connectivity index (χ3n) is 2.83. The number of nitrogens with zero attached hydrogens (tertiary/aromatic N) is 3. The predicted molar refractivity (Wildman–Crippen MR) is 70.8 cm³/mol. The molecule has 0 saturated heterocycles. The number of nitrogens with one attached hydrogen (secondary N) is 1. The summed E-state index contributed by atoms with van der Waals surface area (Å²) < 4.78 is 23.0. The molecule has 102 valence electrons. The number of fused-ring (bicyclic) bond motifs is 3. The zero-order valence-electron chi connectivity index (χ0n) is 10.3. The van der Waals surface area contributed by atoms with Crippen LogP contribution >= 0.6 is 0 Å². The predicted octanol–water partition coefficient (Wildman–Crippen LogP) is 0.00850. The van der Waals surface area contributed by atoms with E-state index in [0.717, 1.165) is 6.26 Å². The molecule has 1 aromatic carbocycles. The van der Waals surface area contributed by atoms with E-state index in [1.165, 1.54) is 6.20 Å². The molecule has 0 unspecified atom stereocenters. The number of H-pyrrole nitrogens is 1. The van der Waals surface area contributed by atoms with Gasteiger partial charge in [0.2, 0.25) is 15.0 Å². The Morgan fingerprint density at radius 1 is 1.30 bits per heavy atom. The van der Waals surface area contributed by atoms with Crippen LogP contribution < -0.4 is 5.73 Å². The molecule has 8 nitrogen and oxygen atoms in total. The number of primary amides is 1. The van der Waals surface area contributed by atoms with Crippen molar-refractivity contribution in [2.24, 2.45) is 5.73 Å². The highest BCUT2D eigenvalue weighted by Gasteiger charge is 2.16. The maximum absolute atomic E-state index is 11.5. The van der Waals surface area contributed by atoms with E-state index in [2.05, 4.69) is 20.2 Å². The Labute approximate surface area is 112 Å². The van der Waals surface area contributed by atoms with E-state index in [4.69, 9.17) is 5.73 Å². The summed E-state index contributed by atoms with van der Waals surface area (Å²) in [6.07, 6.45) is 2.42. The lowest BCUT2D eigenvalue weighted by atomic mass is 10.1. The van der Waals surface area contributed by atoms with Gasteiger partial charge in [-0.3, -0.25) is 9.89 Å². The molecule has 1 amide bonds. The Hall–Kier alpha value is -2.55. The average Bonchev–Trinajstić information content (AvgIpc) is 2.81.